The molecule has 0 N–H and O–H groups in total. The predicted molar refractivity (Wildman–Crippen MR) is 129 cm³/mol. The minimum absolute atomic E-state index is 0.0311. The number of ether oxygens (including phenoxy) is 1. The Balaban J connectivity index is 1.73. The first kappa shape index (κ1) is 23.7. The average Bonchev–Trinajstić information content (AvgIpc) is 3.12. The Bertz CT molecular complexity index is 1300. The molecule has 1 fully saturated rings. The fourth-order valence-electron chi connectivity index (χ4n) is 3.93. The van der Waals surface area contributed by atoms with Crippen LogP contribution in [0.4, 0.5) is 5.69 Å². The van der Waals surface area contributed by atoms with E-state index in [2.05, 4.69) is 0 Å². The molecule has 4 rings (SSSR count). The van der Waals surface area contributed by atoms with Gasteiger partial charge in [-0.1, -0.05) is 47.5 Å². The van der Waals surface area contributed by atoms with Crippen LogP contribution in [0.3, 0.4) is 0 Å². The molecule has 3 aromatic carbocycles. The maximum atomic E-state index is 13.7. The van der Waals surface area contributed by atoms with E-state index in [0.29, 0.717) is 11.4 Å². The largest absolute Gasteiger partial charge is 0.497 e. The van der Waals surface area contributed by atoms with Gasteiger partial charge in [-0.25, -0.2) is 13.3 Å². The smallest absolute Gasteiger partial charge is 0.252 e. The van der Waals surface area contributed by atoms with Crippen molar-refractivity contribution in [1.82, 2.24) is 4.31 Å². The van der Waals surface area contributed by atoms with Crippen molar-refractivity contribution in [3.8, 4) is 5.75 Å². The maximum Gasteiger partial charge on any atom is 0.252 e. The van der Waals surface area contributed by atoms with E-state index in [0.717, 1.165) is 25.9 Å². The van der Waals surface area contributed by atoms with Crippen molar-refractivity contribution in [2.75, 3.05) is 12.0 Å². The second-order valence-electron chi connectivity index (χ2n) is 8.33. The molecule has 1 unspecified atom stereocenters. The first-order chi connectivity index (χ1) is 16.2. The molecular formula is C26H26N2O5S. The van der Waals surface area contributed by atoms with Gasteiger partial charge in [0.2, 0.25) is 15.9 Å². The number of nitrogens with zero attached hydrogens (tertiary/aromatic N) is 2. The SMILES string of the molecule is COc1ccc(N2C(=O)CC(N(Cc3ccc(C)cc3)S(=O)(=O)c3ccc(C)cc3)C2=O)cc1. The van der Waals surface area contributed by atoms with Crippen LogP contribution in [0.1, 0.15) is 23.1 Å². The fraction of sp³-hybridized carbons (Fsp3) is 0.231. The molecule has 3 aromatic rings. The highest BCUT2D eigenvalue weighted by Gasteiger charge is 2.47. The van der Waals surface area contributed by atoms with Gasteiger partial charge in [-0.3, -0.25) is 9.59 Å². The number of imide groups is 1. The Morgan fingerprint density at radius 2 is 1.44 bits per heavy atom. The molecule has 1 aliphatic heterocycles. The molecule has 0 spiro atoms. The number of aryl methyl sites for hydroxylation is 2. The second-order valence-corrected chi connectivity index (χ2v) is 10.2. The van der Waals surface area contributed by atoms with Gasteiger partial charge in [0.05, 0.1) is 24.1 Å². The van der Waals surface area contributed by atoms with Crippen LogP contribution in [-0.2, 0) is 26.2 Å². The van der Waals surface area contributed by atoms with Crippen molar-refractivity contribution >= 4 is 27.5 Å². The van der Waals surface area contributed by atoms with E-state index in [4.69, 9.17) is 4.74 Å². The highest BCUT2D eigenvalue weighted by Crippen LogP contribution is 2.31. The third-order valence-corrected chi connectivity index (χ3v) is 7.76. The van der Waals surface area contributed by atoms with Gasteiger partial charge in [0.1, 0.15) is 11.8 Å². The van der Waals surface area contributed by atoms with Gasteiger partial charge in [-0.15, -0.1) is 0 Å². The second kappa shape index (κ2) is 9.40. The summed E-state index contributed by atoms with van der Waals surface area (Å²) in [6.07, 6.45) is -0.234. The van der Waals surface area contributed by atoms with Gasteiger partial charge in [-0.2, -0.15) is 4.31 Å². The number of anilines is 1. The van der Waals surface area contributed by atoms with Crippen LogP contribution in [0, 0.1) is 13.8 Å². The number of benzene rings is 3. The molecule has 0 bridgehead atoms. The number of hydrogen-bond donors (Lipinski definition) is 0. The van der Waals surface area contributed by atoms with Gasteiger partial charge in [0.25, 0.3) is 5.91 Å². The lowest BCUT2D eigenvalue weighted by molar-refractivity contribution is -0.122. The number of rotatable bonds is 7. The quantitative estimate of drug-likeness (QED) is 0.482. The summed E-state index contributed by atoms with van der Waals surface area (Å²) in [6.45, 7) is 3.78. The van der Waals surface area contributed by atoms with E-state index in [9.17, 15) is 18.0 Å². The highest BCUT2D eigenvalue weighted by atomic mass is 32.2. The summed E-state index contributed by atoms with van der Waals surface area (Å²) in [7, 11) is -2.54. The van der Waals surface area contributed by atoms with Crippen LogP contribution in [0.15, 0.2) is 77.7 Å². The Kier molecular flexibility index (Phi) is 6.54. The molecule has 8 heteroatoms. The fourth-order valence-corrected chi connectivity index (χ4v) is 5.49. The predicted octanol–water partition coefficient (Wildman–Crippen LogP) is 3.84. The minimum atomic E-state index is -4.07. The summed E-state index contributed by atoms with van der Waals surface area (Å²) in [4.78, 5) is 27.5. The number of carbonyl (C=O) groups is 2. The van der Waals surface area contributed by atoms with E-state index >= 15 is 0 Å². The molecule has 0 radical (unpaired) electrons. The monoisotopic (exact) mass is 478 g/mol. The number of hydrogen-bond acceptors (Lipinski definition) is 5. The van der Waals surface area contributed by atoms with E-state index in [-0.39, 0.29) is 17.9 Å². The lowest BCUT2D eigenvalue weighted by atomic mass is 10.1. The van der Waals surface area contributed by atoms with Crippen molar-refractivity contribution < 1.29 is 22.7 Å². The summed E-state index contributed by atoms with van der Waals surface area (Å²) in [5.74, 6) is -0.437. The average molecular weight is 479 g/mol. The first-order valence-corrected chi connectivity index (χ1v) is 12.3. The molecule has 0 aromatic heterocycles. The minimum Gasteiger partial charge on any atom is -0.497 e. The highest BCUT2D eigenvalue weighted by molar-refractivity contribution is 7.89. The third kappa shape index (κ3) is 4.60. The summed E-state index contributed by atoms with van der Waals surface area (Å²) in [5, 5.41) is 0. The van der Waals surface area contributed by atoms with Gasteiger partial charge in [0.15, 0.2) is 0 Å². The van der Waals surface area contributed by atoms with Gasteiger partial charge in [0, 0.05) is 6.54 Å². The number of sulfonamides is 1. The Hall–Kier alpha value is -3.49. The topological polar surface area (TPSA) is 84.0 Å². The zero-order valence-corrected chi connectivity index (χ0v) is 20.1. The molecule has 1 heterocycles. The maximum absolute atomic E-state index is 13.7. The lowest BCUT2D eigenvalue weighted by Gasteiger charge is -2.27. The molecule has 0 saturated carbocycles. The summed E-state index contributed by atoms with van der Waals surface area (Å²) < 4.78 is 33.7. The van der Waals surface area contributed by atoms with Gasteiger partial charge >= 0.3 is 0 Å². The van der Waals surface area contributed by atoms with Crippen LogP contribution < -0.4 is 9.64 Å². The molecule has 0 aliphatic carbocycles. The summed E-state index contributed by atoms with van der Waals surface area (Å²) in [5.41, 5.74) is 3.06. The Morgan fingerprint density at radius 3 is 2.00 bits per heavy atom. The lowest BCUT2D eigenvalue weighted by Crippen LogP contribution is -2.45. The van der Waals surface area contributed by atoms with E-state index < -0.39 is 27.9 Å². The molecule has 1 aliphatic rings. The molecule has 1 saturated heterocycles. The number of amides is 2. The number of carbonyl (C=O) groups excluding carboxylic acids is 2. The van der Waals surface area contributed by atoms with Crippen molar-refractivity contribution in [2.45, 2.75) is 37.8 Å². The van der Waals surface area contributed by atoms with Crippen LogP contribution in [-0.4, -0.2) is 37.7 Å². The molecule has 34 heavy (non-hydrogen) atoms. The van der Waals surface area contributed by atoms with Crippen molar-refractivity contribution in [2.24, 2.45) is 0 Å². The summed E-state index contributed by atoms with van der Waals surface area (Å²) in [6, 6.07) is 19.3. The molecule has 7 nitrogen and oxygen atoms in total. The zero-order chi connectivity index (χ0) is 24.5. The van der Waals surface area contributed by atoms with Crippen LogP contribution >= 0.6 is 0 Å². The van der Waals surface area contributed by atoms with E-state index in [1.807, 2.05) is 38.1 Å². The van der Waals surface area contributed by atoms with E-state index in [1.165, 1.54) is 19.2 Å². The number of methoxy groups -OCH3 is 1. The van der Waals surface area contributed by atoms with Crippen molar-refractivity contribution in [1.29, 1.82) is 0 Å². The van der Waals surface area contributed by atoms with E-state index in [1.54, 1.807) is 36.4 Å². The molecular weight excluding hydrogens is 452 g/mol. The van der Waals surface area contributed by atoms with Crippen LogP contribution in [0.2, 0.25) is 0 Å². The molecule has 176 valence electrons. The van der Waals surface area contributed by atoms with Gasteiger partial charge in [-0.05, 0) is 55.8 Å². The Labute approximate surface area is 199 Å². The van der Waals surface area contributed by atoms with Crippen LogP contribution in [0.25, 0.3) is 0 Å². The van der Waals surface area contributed by atoms with Crippen LogP contribution in [0.5, 0.6) is 5.75 Å². The zero-order valence-electron chi connectivity index (χ0n) is 19.3. The summed E-state index contributed by atoms with van der Waals surface area (Å²) >= 11 is 0. The standard InChI is InChI=1S/C26H26N2O5S/c1-18-4-8-20(9-5-18)17-27(34(31,32)23-14-6-19(2)7-15-23)24-16-25(29)28(26(24)30)21-10-12-22(33-3)13-11-21/h4-15,24H,16-17H2,1-3H3. The molecule has 1 atom stereocenters. The first-order valence-electron chi connectivity index (χ1n) is 10.9. The van der Waals surface area contributed by atoms with Gasteiger partial charge < -0.3 is 4.74 Å². The normalized spacial score (nSPS) is 16.4. The van der Waals surface area contributed by atoms with Crippen molar-refractivity contribution in [3.63, 3.8) is 0 Å². The third-order valence-electron chi connectivity index (χ3n) is 5.89. The molecule has 2 amide bonds. The van der Waals surface area contributed by atoms with Crippen molar-refractivity contribution in [3.05, 3.63) is 89.5 Å². The Morgan fingerprint density at radius 1 is 0.882 bits per heavy atom.